The smallest absolute Gasteiger partial charge is 0.0723 e. The van der Waals surface area contributed by atoms with Gasteiger partial charge in [0.05, 0.1) is 39.3 Å². The van der Waals surface area contributed by atoms with Crippen molar-refractivity contribution in [2.45, 2.75) is 6.04 Å². The molecule has 9 aromatic rings. The maximum atomic E-state index is 4.69. The number of aromatic nitrogens is 3. The van der Waals surface area contributed by atoms with Crippen molar-refractivity contribution >= 4 is 65.9 Å². The zero-order valence-electron chi connectivity index (χ0n) is 26.1. The summed E-state index contributed by atoms with van der Waals surface area (Å²) in [5.74, 6) is 0. The molecule has 4 heteroatoms. The Bertz CT molecular complexity index is 2740. The summed E-state index contributed by atoms with van der Waals surface area (Å²) in [6.45, 7) is 0. The van der Waals surface area contributed by atoms with Crippen LogP contribution in [0.4, 0.5) is 0 Å². The van der Waals surface area contributed by atoms with Crippen LogP contribution in [0.3, 0.4) is 0 Å². The van der Waals surface area contributed by atoms with E-state index < -0.39 is 0 Å². The lowest BCUT2D eigenvalue weighted by Gasteiger charge is -2.26. The van der Waals surface area contributed by atoms with E-state index in [9.17, 15) is 0 Å². The Morgan fingerprint density at radius 3 is 2.00 bits per heavy atom. The molecule has 0 saturated heterocycles. The number of rotatable bonds is 4. The van der Waals surface area contributed by atoms with E-state index in [1.165, 1.54) is 49.2 Å². The van der Waals surface area contributed by atoms with Crippen LogP contribution < -0.4 is 5.32 Å². The van der Waals surface area contributed by atoms with Crippen LogP contribution in [0, 0.1) is 0 Å². The average molecular weight is 615 g/mol. The van der Waals surface area contributed by atoms with Gasteiger partial charge in [0.25, 0.3) is 0 Å². The molecular weight excluding hydrogens is 585 g/mol. The lowest BCUT2D eigenvalue weighted by molar-refractivity contribution is 0.762. The molecule has 4 nitrogen and oxygen atoms in total. The first-order valence-electron chi connectivity index (χ1n) is 16.4. The Labute approximate surface area is 277 Å². The first-order chi connectivity index (χ1) is 23.8. The number of hydrogen-bond donors (Lipinski definition) is 1. The first-order valence-corrected chi connectivity index (χ1v) is 16.4. The quantitative estimate of drug-likeness (QED) is 0.214. The summed E-state index contributed by atoms with van der Waals surface area (Å²) in [5.41, 5.74) is 11.5. The number of pyridine rings is 1. The lowest BCUT2D eigenvalue weighted by atomic mass is 9.99. The van der Waals surface area contributed by atoms with E-state index in [0.717, 1.165) is 33.5 Å². The maximum absolute atomic E-state index is 4.69. The number of benzene rings is 6. The maximum Gasteiger partial charge on any atom is 0.0723 e. The van der Waals surface area contributed by atoms with Gasteiger partial charge in [-0.2, -0.15) is 0 Å². The highest BCUT2D eigenvalue weighted by Gasteiger charge is 2.24. The third kappa shape index (κ3) is 3.99. The van der Waals surface area contributed by atoms with Crippen LogP contribution in [0.5, 0.6) is 0 Å². The molecule has 4 heterocycles. The largest absolute Gasteiger partial charge is 0.374 e. The fraction of sp³-hybridized carbons (Fsp3) is 0.0227. The normalized spacial score (nSPS) is 14.9. The molecule has 10 rings (SSSR count). The summed E-state index contributed by atoms with van der Waals surface area (Å²) in [7, 11) is 0. The summed E-state index contributed by atoms with van der Waals surface area (Å²) in [6, 6.07) is 54.2. The molecule has 226 valence electrons. The molecule has 1 aliphatic heterocycles. The Kier molecular flexibility index (Phi) is 5.90. The highest BCUT2D eigenvalue weighted by Crippen LogP contribution is 2.43. The number of para-hydroxylation sites is 3. The summed E-state index contributed by atoms with van der Waals surface area (Å²) >= 11 is 0. The predicted octanol–water partition coefficient (Wildman–Crippen LogP) is 10.7. The fourth-order valence-corrected chi connectivity index (χ4v) is 7.69. The highest BCUT2D eigenvalue weighted by atomic mass is 15.0. The molecule has 0 fully saturated rings. The Hall–Kier alpha value is -6.39. The van der Waals surface area contributed by atoms with E-state index in [0.29, 0.717) is 0 Å². The minimum atomic E-state index is 0.00125. The van der Waals surface area contributed by atoms with Gasteiger partial charge in [-0.15, -0.1) is 0 Å². The zero-order chi connectivity index (χ0) is 31.6. The second kappa shape index (κ2) is 10.6. The molecule has 0 saturated carbocycles. The first kappa shape index (κ1) is 26.8. The third-order valence-electron chi connectivity index (χ3n) is 9.78. The van der Waals surface area contributed by atoms with Crippen molar-refractivity contribution in [3.63, 3.8) is 0 Å². The fourth-order valence-electron chi connectivity index (χ4n) is 7.69. The van der Waals surface area contributed by atoms with Gasteiger partial charge in [0.2, 0.25) is 0 Å². The minimum absolute atomic E-state index is 0.00125. The van der Waals surface area contributed by atoms with Crippen molar-refractivity contribution < 1.29 is 0 Å². The van der Waals surface area contributed by atoms with Gasteiger partial charge < -0.3 is 14.5 Å². The monoisotopic (exact) mass is 614 g/mol. The molecule has 0 aliphatic carbocycles. The molecule has 48 heavy (non-hydrogen) atoms. The summed E-state index contributed by atoms with van der Waals surface area (Å²) < 4.78 is 4.92. The lowest BCUT2D eigenvalue weighted by Crippen LogP contribution is -2.22. The molecule has 0 spiro atoms. The SMILES string of the molecule is C1=C(c2ccccc2)NC(c2ccccc2)C=C1n1c2ccccc2c2ccc3c(c4ccccc4n3-c3ccnc4ccccc34)c21. The van der Waals surface area contributed by atoms with Gasteiger partial charge in [0, 0.05) is 44.5 Å². The molecule has 0 amide bonds. The van der Waals surface area contributed by atoms with Gasteiger partial charge in [0.15, 0.2) is 0 Å². The van der Waals surface area contributed by atoms with Crippen molar-refractivity contribution in [2.24, 2.45) is 0 Å². The van der Waals surface area contributed by atoms with Crippen molar-refractivity contribution in [3.05, 3.63) is 181 Å². The van der Waals surface area contributed by atoms with Crippen molar-refractivity contribution in [1.82, 2.24) is 19.4 Å². The topological polar surface area (TPSA) is 34.8 Å². The van der Waals surface area contributed by atoms with Crippen LogP contribution in [0.25, 0.3) is 71.6 Å². The zero-order valence-corrected chi connectivity index (χ0v) is 26.1. The van der Waals surface area contributed by atoms with Crippen LogP contribution >= 0.6 is 0 Å². The van der Waals surface area contributed by atoms with E-state index in [-0.39, 0.29) is 6.04 Å². The van der Waals surface area contributed by atoms with Crippen LogP contribution in [0.2, 0.25) is 0 Å². The molecule has 3 aromatic heterocycles. The van der Waals surface area contributed by atoms with E-state index in [4.69, 9.17) is 4.98 Å². The number of fused-ring (bicyclic) bond motifs is 8. The van der Waals surface area contributed by atoms with Crippen molar-refractivity contribution in [1.29, 1.82) is 0 Å². The van der Waals surface area contributed by atoms with Gasteiger partial charge >= 0.3 is 0 Å². The van der Waals surface area contributed by atoms with Gasteiger partial charge in [-0.25, -0.2) is 0 Å². The second-order valence-electron chi connectivity index (χ2n) is 12.5. The van der Waals surface area contributed by atoms with E-state index in [2.05, 4.69) is 178 Å². The molecular formula is C44H30N4. The number of hydrogen-bond acceptors (Lipinski definition) is 2. The third-order valence-corrected chi connectivity index (χ3v) is 9.78. The van der Waals surface area contributed by atoms with E-state index >= 15 is 0 Å². The van der Waals surface area contributed by atoms with Crippen LogP contribution in [-0.4, -0.2) is 14.1 Å². The minimum Gasteiger partial charge on any atom is -0.374 e. The van der Waals surface area contributed by atoms with E-state index in [1.807, 2.05) is 6.20 Å². The summed E-state index contributed by atoms with van der Waals surface area (Å²) in [4.78, 5) is 4.69. The molecule has 1 N–H and O–H groups in total. The second-order valence-corrected chi connectivity index (χ2v) is 12.5. The average Bonchev–Trinajstić information content (AvgIpc) is 3.68. The molecule has 1 aliphatic rings. The van der Waals surface area contributed by atoms with Crippen LogP contribution in [0.15, 0.2) is 170 Å². The molecule has 1 atom stereocenters. The van der Waals surface area contributed by atoms with Crippen LogP contribution in [-0.2, 0) is 0 Å². The van der Waals surface area contributed by atoms with Crippen LogP contribution in [0.1, 0.15) is 17.2 Å². The number of nitrogens with one attached hydrogen (secondary N) is 1. The highest BCUT2D eigenvalue weighted by molar-refractivity contribution is 6.27. The van der Waals surface area contributed by atoms with Crippen molar-refractivity contribution in [2.75, 3.05) is 0 Å². The summed E-state index contributed by atoms with van der Waals surface area (Å²) in [5, 5.41) is 9.93. The van der Waals surface area contributed by atoms with Gasteiger partial charge in [0.1, 0.15) is 0 Å². The van der Waals surface area contributed by atoms with Gasteiger partial charge in [-0.3, -0.25) is 4.98 Å². The van der Waals surface area contributed by atoms with Crippen molar-refractivity contribution in [3.8, 4) is 5.69 Å². The van der Waals surface area contributed by atoms with Gasteiger partial charge in [-0.1, -0.05) is 121 Å². The Morgan fingerprint density at radius 2 is 1.19 bits per heavy atom. The molecule has 1 unspecified atom stereocenters. The van der Waals surface area contributed by atoms with E-state index in [1.54, 1.807) is 0 Å². The Balaban J connectivity index is 1.34. The molecule has 6 aromatic carbocycles. The standard InChI is InChI=1S/C44H30N4/c1-3-13-29(14-4-1)37-27-31(28-38(46-37)30-15-5-2-6-16-30)47-39-21-11-8-17-32(39)33-23-24-42-43(44(33)47)35-19-9-12-22-40(35)48(42)41-25-26-45-36-20-10-7-18-34(36)41/h1-28,37,46H. The number of nitrogens with zero attached hydrogens (tertiary/aromatic N) is 3. The van der Waals surface area contributed by atoms with Gasteiger partial charge in [-0.05, 0) is 53.6 Å². The molecule has 0 radical (unpaired) electrons. The predicted molar refractivity (Wildman–Crippen MR) is 200 cm³/mol. The summed E-state index contributed by atoms with van der Waals surface area (Å²) in [6.07, 6.45) is 6.62. The number of allylic oxidation sites excluding steroid dienone is 2. The molecule has 0 bridgehead atoms. The Morgan fingerprint density at radius 1 is 0.521 bits per heavy atom. The number of dihydropyridines is 1.